The van der Waals surface area contributed by atoms with Crippen LogP contribution in [0.2, 0.25) is 0 Å². The first-order chi connectivity index (χ1) is 16.5. The Balaban J connectivity index is 1.35. The highest BCUT2D eigenvalue weighted by Crippen LogP contribution is 2.26. The van der Waals surface area contributed by atoms with Crippen molar-refractivity contribution in [2.45, 2.75) is 6.54 Å². The molecule has 0 amide bonds. The summed E-state index contributed by atoms with van der Waals surface area (Å²) >= 11 is 0. The molecule has 0 radical (unpaired) electrons. The molecular formula is C25H19F2N7. The van der Waals surface area contributed by atoms with Crippen molar-refractivity contribution in [1.82, 2.24) is 30.3 Å². The van der Waals surface area contributed by atoms with Gasteiger partial charge >= 0.3 is 0 Å². The van der Waals surface area contributed by atoms with E-state index in [-0.39, 0.29) is 17.9 Å². The lowest BCUT2D eigenvalue weighted by Crippen LogP contribution is -2.13. The molecule has 0 saturated heterocycles. The topological polar surface area (TPSA) is 94.5 Å². The zero-order chi connectivity index (χ0) is 23.7. The number of aromatic nitrogens is 5. The van der Waals surface area contributed by atoms with Gasteiger partial charge in [0.15, 0.2) is 0 Å². The van der Waals surface area contributed by atoms with Gasteiger partial charge in [0.2, 0.25) is 0 Å². The van der Waals surface area contributed by atoms with E-state index in [1.807, 2.05) is 24.3 Å². The molecule has 0 bridgehead atoms. The average molecular weight is 455 g/mol. The highest BCUT2D eigenvalue weighted by Gasteiger charge is 2.12. The van der Waals surface area contributed by atoms with Crippen molar-refractivity contribution in [2.24, 2.45) is 0 Å². The summed E-state index contributed by atoms with van der Waals surface area (Å²) in [6, 6.07) is 16.6. The first-order valence-corrected chi connectivity index (χ1v) is 10.4. The van der Waals surface area contributed by atoms with E-state index in [1.165, 1.54) is 30.6 Å². The Morgan fingerprint density at radius 2 is 1.82 bits per heavy atom. The molecule has 168 valence electrons. The number of nitrogens with zero attached hydrogens (tertiary/aromatic N) is 5. The Morgan fingerprint density at radius 1 is 1.00 bits per heavy atom. The van der Waals surface area contributed by atoms with Gasteiger partial charge in [-0.1, -0.05) is 30.0 Å². The number of nitrogen functional groups attached to an aromatic ring is 1. The molecule has 34 heavy (non-hydrogen) atoms. The zero-order valence-corrected chi connectivity index (χ0v) is 17.9. The summed E-state index contributed by atoms with van der Waals surface area (Å²) in [6.07, 6.45) is 2.96. The van der Waals surface area contributed by atoms with Gasteiger partial charge in [-0.2, -0.15) is 0 Å². The lowest BCUT2D eigenvalue weighted by atomic mass is 10.1. The number of para-hydroxylation sites is 1. The van der Waals surface area contributed by atoms with Crippen LogP contribution in [-0.4, -0.2) is 25.0 Å². The monoisotopic (exact) mass is 455 g/mol. The Bertz CT molecular complexity index is 1530. The lowest BCUT2D eigenvalue weighted by Gasteiger charge is -2.13. The minimum absolute atomic E-state index is 0.216. The number of fused-ring (bicyclic) bond motifs is 1. The number of benzene rings is 3. The van der Waals surface area contributed by atoms with Crippen LogP contribution >= 0.6 is 0 Å². The van der Waals surface area contributed by atoms with E-state index in [2.05, 4.69) is 32.2 Å². The molecule has 0 saturated carbocycles. The number of anilines is 1. The van der Waals surface area contributed by atoms with E-state index in [0.29, 0.717) is 33.7 Å². The fourth-order valence-electron chi connectivity index (χ4n) is 3.70. The highest BCUT2D eigenvalue weighted by atomic mass is 19.1. The SMILES string of the molecule is C=C(NCc1cc(F)cc(-n2nnc3ccccc32)c1)c1ccc(-c2nccnc2N)cc1F. The van der Waals surface area contributed by atoms with Crippen molar-refractivity contribution in [3.05, 3.63) is 102 Å². The Hall–Kier alpha value is -4.66. The smallest absolute Gasteiger partial charge is 0.149 e. The fourth-order valence-corrected chi connectivity index (χ4v) is 3.70. The minimum atomic E-state index is -0.492. The number of nitrogens with one attached hydrogen (secondary N) is 1. The maximum absolute atomic E-state index is 14.8. The Kier molecular flexibility index (Phi) is 5.43. The van der Waals surface area contributed by atoms with Crippen LogP contribution < -0.4 is 11.1 Å². The van der Waals surface area contributed by atoms with Gasteiger partial charge < -0.3 is 11.1 Å². The van der Waals surface area contributed by atoms with Crippen LogP contribution in [0.25, 0.3) is 33.7 Å². The van der Waals surface area contributed by atoms with Crippen LogP contribution in [-0.2, 0) is 6.54 Å². The van der Waals surface area contributed by atoms with Crippen LogP contribution in [0.5, 0.6) is 0 Å². The van der Waals surface area contributed by atoms with E-state index in [4.69, 9.17) is 5.73 Å². The summed E-state index contributed by atoms with van der Waals surface area (Å²) in [6.45, 7) is 4.16. The molecule has 0 aliphatic carbocycles. The van der Waals surface area contributed by atoms with Crippen molar-refractivity contribution in [3.63, 3.8) is 0 Å². The van der Waals surface area contributed by atoms with E-state index < -0.39 is 11.6 Å². The molecule has 2 heterocycles. The molecule has 3 aromatic carbocycles. The summed E-state index contributed by atoms with van der Waals surface area (Å²) in [7, 11) is 0. The average Bonchev–Trinajstić information content (AvgIpc) is 3.27. The fraction of sp³-hybridized carbons (Fsp3) is 0.0400. The molecule has 0 aliphatic heterocycles. The number of rotatable bonds is 6. The Morgan fingerprint density at radius 3 is 2.65 bits per heavy atom. The maximum atomic E-state index is 14.8. The molecule has 0 atom stereocenters. The molecule has 5 aromatic rings. The van der Waals surface area contributed by atoms with Crippen LogP contribution in [0.1, 0.15) is 11.1 Å². The zero-order valence-electron chi connectivity index (χ0n) is 17.9. The van der Waals surface area contributed by atoms with Gasteiger partial charge in [-0.05, 0) is 48.0 Å². The number of hydrogen-bond donors (Lipinski definition) is 2. The molecule has 0 spiro atoms. The highest BCUT2D eigenvalue weighted by molar-refractivity contribution is 5.76. The molecule has 2 aromatic heterocycles. The predicted molar refractivity (Wildman–Crippen MR) is 127 cm³/mol. The lowest BCUT2D eigenvalue weighted by molar-refractivity contribution is 0.619. The van der Waals surface area contributed by atoms with Crippen molar-refractivity contribution in [2.75, 3.05) is 5.73 Å². The van der Waals surface area contributed by atoms with Gasteiger partial charge in [-0.25, -0.2) is 18.4 Å². The van der Waals surface area contributed by atoms with Crippen LogP contribution in [0.4, 0.5) is 14.6 Å². The largest absolute Gasteiger partial charge is 0.382 e. The van der Waals surface area contributed by atoms with Crippen LogP contribution in [0.15, 0.2) is 79.6 Å². The third kappa shape index (κ3) is 4.06. The minimum Gasteiger partial charge on any atom is -0.382 e. The second-order valence-electron chi connectivity index (χ2n) is 7.62. The number of nitrogens with two attached hydrogens (primary N) is 1. The molecule has 0 aliphatic rings. The second kappa shape index (κ2) is 8.70. The van der Waals surface area contributed by atoms with Gasteiger partial charge in [-0.15, -0.1) is 5.10 Å². The molecule has 0 fully saturated rings. The third-order valence-corrected chi connectivity index (χ3v) is 5.34. The molecular weight excluding hydrogens is 436 g/mol. The van der Waals surface area contributed by atoms with Gasteiger partial charge in [0.05, 0.1) is 11.2 Å². The van der Waals surface area contributed by atoms with Gasteiger partial charge in [-0.3, -0.25) is 4.98 Å². The summed E-state index contributed by atoms with van der Waals surface area (Å²) in [5.74, 6) is -0.695. The first-order valence-electron chi connectivity index (χ1n) is 10.4. The molecule has 9 heteroatoms. The summed E-state index contributed by atoms with van der Waals surface area (Å²) in [5.41, 5.74) is 10.0. The number of halogens is 2. The second-order valence-corrected chi connectivity index (χ2v) is 7.62. The maximum Gasteiger partial charge on any atom is 0.149 e. The standard InChI is InChI=1S/C25H19F2N7/c1-15(20-7-6-17(12-21(20)27)24-25(28)30-9-8-29-24)31-14-16-10-18(26)13-19(11-16)34-23-5-3-2-4-22(23)32-33-34/h2-13,31H,1,14H2,(H2,28,30). The summed E-state index contributed by atoms with van der Waals surface area (Å²) in [5, 5.41) is 11.3. The summed E-state index contributed by atoms with van der Waals surface area (Å²) in [4.78, 5) is 8.13. The predicted octanol–water partition coefficient (Wildman–Crippen LogP) is 4.50. The van der Waals surface area contributed by atoms with Gasteiger partial charge in [0.1, 0.15) is 28.7 Å². The third-order valence-electron chi connectivity index (χ3n) is 5.34. The molecule has 5 rings (SSSR count). The van der Waals surface area contributed by atoms with E-state index in [1.54, 1.807) is 22.9 Å². The Labute approximate surface area is 193 Å². The van der Waals surface area contributed by atoms with E-state index >= 15 is 0 Å². The van der Waals surface area contributed by atoms with Crippen molar-refractivity contribution in [1.29, 1.82) is 0 Å². The van der Waals surface area contributed by atoms with Crippen LogP contribution in [0.3, 0.4) is 0 Å². The van der Waals surface area contributed by atoms with Gasteiger partial charge in [0.25, 0.3) is 0 Å². The first kappa shape index (κ1) is 21.2. The molecule has 0 unspecified atom stereocenters. The van der Waals surface area contributed by atoms with E-state index in [0.717, 1.165) is 5.52 Å². The van der Waals surface area contributed by atoms with E-state index in [9.17, 15) is 8.78 Å². The van der Waals surface area contributed by atoms with Crippen LogP contribution in [0, 0.1) is 11.6 Å². The molecule has 3 N–H and O–H groups in total. The molecule has 7 nitrogen and oxygen atoms in total. The van der Waals surface area contributed by atoms with Crippen molar-refractivity contribution in [3.8, 4) is 16.9 Å². The summed E-state index contributed by atoms with van der Waals surface area (Å²) < 4.78 is 30.8. The van der Waals surface area contributed by atoms with Gasteiger partial charge in [0, 0.05) is 35.8 Å². The van der Waals surface area contributed by atoms with Crippen molar-refractivity contribution >= 4 is 22.5 Å². The quantitative estimate of drug-likeness (QED) is 0.392. The van der Waals surface area contributed by atoms with Crippen molar-refractivity contribution < 1.29 is 8.78 Å². The normalized spacial score (nSPS) is 11.0. The number of hydrogen-bond acceptors (Lipinski definition) is 6.